The van der Waals surface area contributed by atoms with E-state index in [-0.39, 0.29) is 24.5 Å². The maximum Gasteiger partial charge on any atom is 0.259 e. The van der Waals surface area contributed by atoms with Crippen LogP contribution in [-0.4, -0.2) is 99.7 Å². The minimum Gasteiger partial charge on any atom is -0.394 e. The quantitative estimate of drug-likeness (QED) is 0.345. The summed E-state index contributed by atoms with van der Waals surface area (Å²) in [6.45, 7) is -0.697. The lowest BCUT2D eigenvalue weighted by atomic mass is 9.91. The first-order valence-corrected chi connectivity index (χ1v) is 12.9. The van der Waals surface area contributed by atoms with Crippen molar-refractivity contribution >= 4 is 23.2 Å². The van der Waals surface area contributed by atoms with Crippen LogP contribution in [0.15, 0.2) is 42.6 Å². The molecule has 2 saturated heterocycles. The van der Waals surface area contributed by atoms with Crippen LogP contribution in [0.1, 0.15) is 6.04 Å². The standard InChI is InChI=1S/C26H26ClF3N4O7/c1-39-24-22(33-8-17(31-32-33)12-5-15(28)21(30)16(29)6-12)23(37)20(9-35)41-25(24)26(38)34(18-10-40-11-19(18)36)14-4-2-3-13(27)7-14/h2-8,18-20,22-25,35-37H,9-11H2,1H3/t18-,19-,20?,22?,23?,24?,25?/m0/s1. The molecule has 220 valence electrons. The molecule has 1 aromatic heterocycles. The van der Waals surface area contributed by atoms with E-state index in [9.17, 15) is 33.3 Å². The van der Waals surface area contributed by atoms with Gasteiger partial charge in [-0.15, -0.1) is 5.10 Å². The van der Waals surface area contributed by atoms with Gasteiger partial charge in [0.2, 0.25) is 0 Å². The molecular formula is C26H26ClF3N4O7. The number of carbonyl (C=O) groups is 1. The normalized spacial score (nSPS) is 28.1. The van der Waals surface area contributed by atoms with E-state index in [1.807, 2.05) is 0 Å². The van der Waals surface area contributed by atoms with Crippen molar-refractivity contribution in [2.75, 3.05) is 31.8 Å². The third-order valence-electron chi connectivity index (χ3n) is 7.15. The first-order valence-electron chi connectivity index (χ1n) is 12.5. The number of aliphatic hydroxyl groups is 3. The molecule has 0 radical (unpaired) electrons. The van der Waals surface area contributed by atoms with Crippen LogP contribution < -0.4 is 4.90 Å². The third kappa shape index (κ3) is 5.56. The highest BCUT2D eigenvalue weighted by Gasteiger charge is 2.52. The summed E-state index contributed by atoms with van der Waals surface area (Å²) in [5.41, 5.74) is 0.144. The van der Waals surface area contributed by atoms with Crippen LogP contribution in [0.25, 0.3) is 11.3 Å². The Balaban J connectivity index is 1.53. The van der Waals surface area contributed by atoms with Crippen LogP contribution >= 0.6 is 11.6 Å². The van der Waals surface area contributed by atoms with Gasteiger partial charge in [-0.1, -0.05) is 22.9 Å². The molecule has 2 fully saturated rings. The summed E-state index contributed by atoms with van der Waals surface area (Å²) in [4.78, 5) is 15.5. The predicted molar refractivity (Wildman–Crippen MR) is 136 cm³/mol. The van der Waals surface area contributed by atoms with Crippen LogP contribution in [0.2, 0.25) is 5.02 Å². The fourth-order valence-corrected chi connectivity index (χ4v) is 5.33. The van der Waals surface area contributed by atoms with Crippen molar-refractivity contribution in [3.05, 3.63) is 65.1 Å². The minimum absolute atomic E-state index is 0.0104. The number of amides is 1. The summed E-state index contributed by atoms with van der Waals surface area (Å²) >= 11 is 6.19. The van der Waals surface area contributed by atoms with Gasteiger partial charge >= 0.3 is 0 Å². The molecule has 15 heteroatoms. The molecule has 0 saturated carbocycles. The molecule has 1 amide bonds. The zero-order valence-corrected chi connectivity index (χ0v) is 22.2. The maximum atomic E-state index is 14.2. The minimum atomic E-state index is -1.64. The highest BCUT2D eigenvalue weighted by Crippen LogP contribution is 2.36. The van der Waals surface area contributed by atoms with Crippen molar-refractivity contribution in [2.24, 2.45) is 0 Å². The highest BCUT2D eigenvalue weighted by atomic mass is 35.5. The van der Waals surface area contributed by atoms with Gasteiger partial charge in [0.15, 0.2) is 23.6 Å². The van der Waals surface area contributed by atoms with Gasteiger partial charge in [-0.05, 0) is 30.3 Å². The molecule has 0 spiro atoms. The molecule has 2 aliphatic rings. The van der Waals surface area contributed by atoms with Crippen molar-refractivity contribution in [3.63, 3.8) is 0 Å². The second-order valence-electron chi connectivity index (χ2n) is 9.66. The van der Waals surface area contributed by atoms with Crippen molar-refractivity contribution < 1.29 is 47.5 Å². The number of carbonyl (C=O) groups excluding carboxylic acids is 1. The van der Waals surface area contributed by atoms with Crippen LogP contribution in [0, 0.1) is 17.5 Å². The first kappa shape index (κ1) is 29.4. The van der Waals surface area contributed by atoms with E-state index in [1.54, 1.807) is 18.2 Å². The van der Waals surface area contributed by atoms with E-state index in [2.05, 4.69) is 10.3 Å². The van der Waals surface area contributed by atoms with Crippen LogP contribution in [0.5, 0.6) is 0 Å². The molecular weight excluding hydrogens is 573 g/mol. The molecule has 11 nitrogen and oxygen atoms in total. The largest absolute Gasteiger partial charge is 0.394 e. The number of benzene rings is 2. The van der Waals surface area contributed by atoms with Gasteiger partial charge in [0.05, 0.1) is 32.1 Å². The lowest BCUT2D eigenvalue weighted by molar-refractivity contribution is -0.211. The molecule has 5 unspecified atom stereocenters. The van der Waals surface area contributed by atoms with Gasteiger partial charge < -0.3 is 34.4 Å². The SMILES string of the molecule is COC1C(C(=O)N(c2cccc(Cl)c2)[C@H]2COC[C@@H]2O)OC(CO)C(O)C1n1cc(-c2cc(F)c(F)c(F)c2)nn1. The van der Waals surface area contributed by atoms with Crippen molar-refractivity contribution in [3.8, 4) is 11.3 Å². The Morgan fingerprint density at radius 2 is 1.93 bits per heavy atom. The van der Waals surface area contributed by atoms with E-state index < -0.39 is 72.6 Å². The second-order valence-corrected chi connectivity index (χ2v) is 10.1. The molecule has 0 bridgehead atoms. The Kier molecular flexibility index (Phi) is 8.61. The second kappa shape index (κ2) is 12.0. The number of nitrogens with zero attached hydrogens (tertiary/aromatic N) is 4. The van der Waals surface area contributed by atoms with Crippen LogP contribution in [-0.2, 0) is 19.0 Å². The van der Waals surface area contributed by atoms with E-state index in [0.717, 1.165) is 16.8 Å². The number of rotatable bonds is 7. The third-order valence-corrected chi connectivity index (χ3v) is 7.39. The van der Waals surface area contributed by atoms with Crippen molar-refractivity contribution in [1.82, 2.24) is 15.0 Å². The smallest absolute Gasteiger partial charge is 0.259 e. The summed E-state index contributed by atoms with van der Waals surface area (Å²) in [7, 11) is 1.27. The summed E-state index contributed by atoms with van der Waals surface area (Å²) in [5, 5.41) is 39.9. The Labute approximate surface area is 236 Å². The average molecular weight is 599 g/mol. The van der Waals surface area contributed by atoms with Crippen molar-refractivity contribution in [2.45, 2.75) is 42.6 Å². The van der Waals surface area contributed by atoms with Gasteiger partial charge in [0.25, 0.3) is 5.91 Å². The van der Waals surface area contributed by atoms with E-state index in [0.29, 0.717) is 10.7 Å². The summed E-state index contributed by atoms with van der Waals surface area (Å²) in [6.07, 6.45) is -5.27. The molecule has 7 atom stereocenters. The van der Waals surface area contributed by atoms with E-state index in [1.165, 1.54) is 24.3 Å². The monoisotopic (exact) mass is 598 g/mol. The molecule has 5 rings (SSSR count). The molecule has 2 aromatic carbocycles. The number of ether oxygens (including phenoxy) is 3. The van der Waals surface area contributed by atoms with Crippen molar-refractivity contribution in [1.29, 1.82) is 0 Å². The summed E-state index contributed by atoms with van der Waals surface area (Å²) in [6, 6.07) is 5.83. The topological polar surface area (TPSA) is 139 Å². The Bertz CT molecular complexity index is 1390. The summed E-state index contributed by atoms with van der Waals surface area (Å²) < 4.78 is 59.2. The molecule has 3 N–H and O–H groups in total. The summed E-state index contributed by atoms with van der Waals surface area (Å²) in [5.74, 6) is -5.19. The number of anilines is 1. The Hall–Kier alpha value is -3.11. The zero-order chi connectivity index (χ0) is 29.4. The number of halogens is 4. The number of hydrogen-bond donors (Lipinski definition) is 3. The van der Waals surface area contributed by atoms with Crippen LogP contribution in [0.4, 0.5) is 18.9 Å². The van der Waals surface area contributed by atoms with Gasteiger partial charge in [-0.3, -0.25) is 4.79 Å². The van der Waals surface area contributed by atoms with E-state index >= 15 is 0 Å². The lowest BCUT2D eigenvalue weighted by Crippen LogP contribution is -2.63. The first-order chi connectivity index (χ1) is 19.6. The maximum absolute atomic E-state index is 14.2. The fourth-order valence-electron chi connectivity index (χ4n) is 5.14. The molecule has 3 aromatic rings. The molecule has 3 heterocycles. The fraction of sp³-hybridized carbons (Fsp3) is 0.423. The predicted octanol–water partition coefficient (Wildman–Crippen LogP) is 1.49. The van der Waals surface area contributed by atoms with Gasteiger partial charge in [0, 0.05) is 23.4 Å². The lowest BCUT2D eigenvalue weighted by Gasteiger charge is -2.45. The van der Waals surface area contributed by atoms with Gasteiger partial charge in [-0.25, -0.2) is 17.9 Å². The molecule has 41 heavy (non-hydrogen) atoms. The Morgan fingerprint density at radius 1 is 1.20 bits per heavy atom. The van der Waals surface area contributed by atoms with Gasteiger partial charge in [0.1, 0.15) is 36.2 Å². The van der Waals surface area contributed by atoms with Gasteiger partial charge in [-0.2, -0.15) is 0 Å². The van der Waals surface area contributed by atoms with Crippen LogP contribution in [0.3, 0.4) is 0 Å². The zero-order valence-electron chi connectivity index (χ0n) is 21.5. The molecule has 2 aliphatic heterocycles. The number of methoxy groups -OCH3 is 1. The number of aliphatic hydroxyl groups excluding tert-OH is 3. The number of aromatic nitrogens is 3. The highest BCUT2D eigenvalue weighted by molar-refractivity contribution is 6.31. The molecule has 0 aliphatic carbocycles. The average Bonchev–Trinajstić information content (AvgIpc) is 3.61. The van der Waals surface area contributed by atoms with E-state index in [4.69, 9.17) is 25.8 Å². The number of hydrogen-bond acceptors (Lipinski definition) is 9. The Morgan fingerprint density at radius 3 is 2.54 bits per heavy atom.